The summed E-state index contributed by atoms with van der Waals surface area (Å²) >= 11 is 1.78. The molecule has 2 N–H and O–H groups in total. The summed E-state index contributed by atoms with van der Waals surface area (Å²) in [4.78, 5) is 7.55. The van der Waals surface area contributed by atoms with Gasteiger partial charge in [0.1, 0.15) is 0 Å². The van der Waals surface area contributed by atoms with Crippen LogP contribution in [0.2, 0.25) is 0 Å². The number of nitrogens with zero attached hydrogens (tertiary/aromatic N) is 1. The van der Waals surface area contributed by atoms with E-state index in [0.717, 1.165) is 18.9 Å². The Bertz CT molecular complexity index is 799. The van der Waals surface area contributed by atoms with Crippen LogP contribution < -0.4 is 10.6 Å². The van der Waals surface area contributed by atoms with E-state index in [1.165, 1.54) is 9.75 Å². The van der Waals surface area contributed by atoms with Gasteiger partial charge >= 0.3 is 0 Å². The summed E-state index contributed by atoms with van der Waals surface area (Å²) in [5.41, 5.74) is 0. The molecule has 0 unspecified atom stereocenters. The van der Waals surface area contributed by atoms with E-state index in [1.54, 1.807) is 35.6 Å². The van der Waals surface area contributed by atoms with Crippen LogP contribution in [0.4, 0.5) is 0 Å². The Morgan fingerprint density at radius 1 is 1.04 bits per heavy atom. The highest BCUT2D eigenvalue weighted by Crippen LogP contribution is 2.17. The Balaban J connectivity index is 1.83. The minimum atomic E-state index is -3.22. The van der Waals surface area contributed by atoms with Gasteiger partial charge < -0.3 is 10.6 Å². The molecule has 0 spiro atoms. The van der Waals surface area contributed by atoms with E-state index in [1.807, 2.05) is 13.0 Å². The Hall–Kier alpha value is -1.86. The topological polar surface area (TPSA) is 70.6 Å². The summed E-state index contributed by atoms with van der Waals surface area (Å²) in [6.07, 6.45) is 1.57. The zero-order chi connectivity index (χ0) is 18.8. The van der Waals surface area contributed by atoms with Crippen molar-refractivity contribution >= 4 is 27.1 Å². The maximum atomic E-state index is 12.3. The summed E-state index contributed by atoms with van der Waals surface area (Å²) < 4.78 is 24.5. The highest BCUT2D eigenvalue weighted by Gasteiger charge is 2.13. The molecule has 0 fully saturated rings. The molecule has 1 heterocycles. The molecule has 1 aromatic carbocycles. The van der Waals surface area contributed by atoms with Crippen LogP contribution in [-0.2, 0) is 22.8 Å². The van der Waals surface area contributed by atoms with Crippen molar-refractivity contribution in [2.75, 3.05) is 18.8 Å². The molecule has 0 radical (unpaired) electrons. The van der Waals surface area contributed by atoms with Crippen LogP contribution in [0.25, 0.3) is 0 Å². The Kier molecular flexibility index (Phi) is 8.12. The van der Waals surface area contributed by atoms with E-state index in [-0.39, 0.29) is 5.75 Å². The number of rotatable bonds is 9. The fourth-order valence-corrected chi connectivity index (χ4v) is 4.62. The van der Waals surface area contributed by atoms with E-state index in [4.69, 9.17) is 0 Å². The highest BCUT2D eigenvalue weighted by molar-refractivity contribution is 7.91. The van der Waals surface area contributed by atoms with E-state index >= 15 is 0 Å². The predicted octanol–water partition coefficient (Wildman–Crippen LogP) is 3.23. The van der Waals surface area contributed by atoms with Crippen LogP contribution in [0.5, 0.6) is 0 Å². The monoisotopic (exact) mass is 393 g/mol. The van der Waals surface area contributed by atoms with Crippen molar-refractivity contribution in [3.8, 4) is 0 Å². The lowest BCUT2D eigenvalue weighted by molar-refractivity contribution is 0.592. The van der Waals surface area contributed by atoms with Gasteiger partial charge in [-0.2, -0.15) is 0 Å². The molecule has 2 aromatic rings. The molecule has 7 heteroatoms. The van der Waals surface area contributed by atoms with Crippen molar-refractivity contribution in [3.63, 3.8) is 0 Å². The lowest BCUT2D eigenvalue weighted by atomic mass is 10.4. The third-order valence-electron chi connectivity index (χ3n) is 3.79. The SMILES string of the molecule is CCNC(=NCc1ccc(CC)s1)NCCCS(=O)(=O)c1ccccc1. The molecule has 5 nitrogen and oxygen atoms in total. The fourth-order valence-electron chi connectivity index (χ4n) is 2.41. The third kappa shape index (κ3) is 6.46. The van der Waals surface area contributed by atoms with E-state index in [9.17, 15) is 8.42 Å². The first-order valence-corrected chi connectivity index (χ1v) is 11.4. The number of guanidine groups is 1. The van der Waals surface area contributed by atoms with Crippen molar-refractivity contribution < 1.29 is 8.42 Å². The quantitative estimate of drug-likeness (QED) is 0.390. The smallest absolute Gasteiger partial charge is 0.191 e. The Labute approximate surface area is 160 Å². The molecule has 0 bridgehead atoms. The summed E-state index contributed by atoms with van der Waals surface area (Å²) in [6.45, 7) is 6.11. The summed E-state index contributed by atoms with van der Waals surface area (Å²) in [6, 6.07) is 12.8. The maximum absolute atomic E-state index is 12.3. The van der Waals surface area contributed by atoms with Crippen LogP contribution >= 0.6 is 11.3 Å². The van der Waals surface area contributed by atoms with Crippen molar-refractivity contribution in [3.05, 3.63) is 52.2 Å². The first-order valence-electron chi connectivity index (χ1n) is 8.92. The van der Waals surface area contributed by atoms with Crippen LogP contribution in [0.3, 0.4) is 0 Å². The molecule has 2 rings (SSSR count). The second kappa shape index (κ2) is 10.3. The van der Waals surface area contributed by atoms with Gasteiger partial charge in [0, 0.05) is 22.8 Å². The average molecular weight is 394 g/mol. The number of benzene rings is 1. The molecule has 0 aliphatic rings. The summed E-state index contributed by atoms with van der Waals surface area (Å²) in [5, 5.41) is 6.41. The first-order chi connectivity index (χ1) is 12.5. The molecular formula is C19H27N3O2S2. The Morgan fingerprint density at radius 3 is 2.42 bits per heavy atom. The number of aliphatic imine (C=N–C) groups is 1. The van der Waals surface area contributed by atoms with Crippen LogP contribution in [0, 0.1) is 0 Å². The van der Waals surface area contributed by atoms with Gasteiger partial charge in [-0.25, -0.2) is 13.4 Å². The number of hydrogen-bond acceptors (Lipinski definition) is 4. The molecule has 0 amide bonds. The minimum Gasteiger partial charge on any atom is -0.357 e. The molecule has 1 aromatic heterocycles. The zero-order valence-corrected chi connectivity index (χ0v) is 17.0. The largest absolute Gasteiger partial charge is 0.357 e. The van der Waals surface area contributed by atoms with Gasteiger partial charge in [0.2, 0.25) is 0 Å². The van der Waals surface area contributed by atoms with E-state index in [2.05, 4.69) is 34.7 Å². The van der Waals surface area contributed by atoms with Crippen molar-refractivity contribution in [1.29, 1.82) is 0 Å². The van der Waals surface area contributed by atoms with Gasteiger partial charge in [0.05, 0.1) is 17.2 Å². The lowest BCUT2D eigenvalue weighted by Gasteiger charge is -2.11. The van der Waals surface area contributed by atoms with E-state index < -0.39 is 9.84 Å². The van der Waals surface area contributed by atoms with Crippen molar-refractivity contribution in [1.82, 2.24) is 10.6 Å². The molecule has 0 saturated heterocycles. The second-order valence-corrected chi connectivity index (χ2v) is 9.19. The van der Waals surface area contributed by atoms with Gasteiger partial charge in [0.25, 0.3) is 0 Å². The van der Waals surface area contributed by atoms with Gasteiger partial charge in [-0.15, -0.1) is 11.3 Å². The molecule has 26 heavy (non-hydrogen) atoms. The number of thiophene rings is 1. The van der Waals surface area contributed by atoms with Crippen LogP contribution in [0.1, 0.15) is 30.0 Å². The molecule has 0 aliphatic heterocycles. The van der Waals surface area contributed by atoms with Gasteiger partial charge in [-0.05, 0) is 44.0 Å². The zero-order valence-electron chi connectivity index (χ0n) is 15.4. The standard InChI is InChI=1S/C19H27N3O2S2/c1-3-16-11-12-17(25-16)15-22-19(20-4-2)21-13-8-14-26(23,24)18-9-6-5-7-10-18/h5-7,9-12H,3-4,8,13-15H2,1-2H3,(H2,20,21,22). The van der Waals surface area contributed by atoms with Crippen LogP contribution in [0.15, 0.2) is 52.4 Å². The Morgan fingerprint density at radius 2 is 1.77 bits per heavy atom. The summed E-state index contributed by atoms with van der Waals surface area (Å²) in [5.74, 6) is 0.838. The lowest BCUT2D eigenvalue weighted by Crippen LogP contribution is -2.38. The molecule has 0 saturated carbocycles. The van der Waals surface area contributed by atoms with E-state index in [0.29, 0.717) is 24.4 Å². The predicted molar refractivity (Wildman–Crippen MR) is 110 cm³/mol. The highest BCUT2D eigenvalue weighted by atomic mass is 32.2. The van der Waals surface area contributed by atoms with Gasteiger partial charge in [-0.1, -0.05) is 25.1 Å². The van der Waals surface area contributed by atoms with Gasteiger partial charge in [0.15, 0.2) is 15.8 Å². The fraction of sp³-hybridized carbons (Fsp3) is 0.421. The average Bonchev–Trinajstić information content (AvgIpc) is 3.12. The molecule has 0 aliphatic carbocycles. The van der Waals surface area contributed by atoms with Gasteiger partial charge in [-0.3, -0.25) is 0 Å². The third-order valence-corrected chi connectivity index (χ3v) is 6.82. The second-order valence-electron chi connectivity index (χ2n) is 5.83. The van der Waals surface area contributed by atoms with Crippen LogP contribution in [-0.4, -0.2) is 33.2 Å². The van der Waals surface area contributed by atoms with Crippen molar-refractivity contribution in [2.45, 2.75) is 38.1 Å². The number of hydrogen-bond donors (Lipinski definition) is 2. The number of aryl methyl sites for hydroxylation is 1. The molecular weight excluding hydrogens is 366 g/mol. The summed E-state index contributed by atoms with van der Waals surface area (Å²) in [7, 11) is -3.22. The number of sulfone groups is 1. The maximum Gasteiger partial charge on any atom is 0.191 e. The number of nitrogens with one attached hydrogen (secondary N) is 2. The normalized spacial score (nSPS) is 12.2. The first kappa shape index (κ1) is 20.5. The minimum absolute atomic E-state index is 0.119. The van der Waals surface area contributed by atoms with Crippen molar-refractivity contribution in [2.24, 2.45) is 4.99 Å². The molecule has 0 atom stereocenters. The molecule has 142 valence electrons.